The van der Waals surface area contributed by atoms with Gasteiger partial charge in [0.1, 0.15) is 5.76 Å². The fraction of sp³-hybridized carbons (Fsp3) is 0.471. The Kier molecular flexibility index (Phi) is 5.03. The number of nitrogens with zero attached hydrogens (tertiary/aromatic N) is 3. The molecule has 130 valence electrons. The molecule has 1 saturated heterocycles. The Hall–Kier alpha value is -1.70. The van der Waals surface area contributed by atoms with Crippen LogP contribution in [-0.4, -0.2) is 48.8 Å². The highest BCUT2D eigenvalue weighted by Crippen LogP contribution is 2.20. The molecular formula is C17H23N3O3S. The van der Waals surface area contributed by atoms with Crippen molar-refractivity contribution in [3.63, 3.8) is 0 Å². The lowest BCUT2D eigenvalue weighted by Crippen LogP contribution is -2.48. The molecule has 1 aromatic carbocycles. The van der Waals surface area contributed by atoms with E-state index in [2.05, 4.69) is 9.88 Å². The van der Waals surface area contributed by atoms with Crippen LogP contribution in [0, 0.1) is 6.92 Å². The van der Waals surface area contributed by atoms with Crippen LogP contribution in [-0.2, 0) is 23.0 Å². The van der Waals surface area contributed by atoms with Crippen molar-refractivity contribution in [1.29, 1.82) is 0 Å². The van der Waals surface area contributed by atoms with Gasteiger partial charge < -0.3 is 4.42 Å². The summed E-state index contributed by atoms with van der Waals surface area (Å²) in [6.07, 6.45) is 2.28. The van der Waals surface area contributed by atoms with E-state index in [-0.39, 0.29) is 0 Å². The maximum absolute atomic E-state index is 12.8. The Balaban J connectivity index is 1.66. The Morgan fingerprint density at radius 2 is 1.96 bits per heavy atom. The van der Waals surface area contributed by atoms with Crippen molar-refractivity contribution >= 4 is 10.0 Å². The zero-order chi connectivity index (χ0) is 17.2. The molecule has 2 heterocycles. The molecule has 7 heteroatoms. The van der Waals surface area contributed by atoms with Crippen LogP contribution in [0.5, 0.6) is 0 Å². The van der Waals surface area contributed by atoms with Crippen LogP contribution in [0.1, 0.15) is 23.9 Å². The van der Waals surface area contributed by atoms with E-state index in [1.165, 1.54) is 6.39 Å². The molecule has 0 radical (unpaired) electrons. The summed E-state index contributed by atoms with van der Waals surface area (Å²) in [5.74, 6) is 0.821. The molecule has 0 spiro atoms. The number of oxazole rings is 1. The Morgan fingerprint density at radius 3 is 2.58 bits per heavy atom. The van der Waals surface area contributed by atoms with Crippen LogP contribution in [0.2, 0.25) is 0 Å². The van der Waals surface area contributed by atoms with Crippen molar-refractivity contribution in [3.8, 4) is 0 Å². The molecule has 2 aromatic rings. The van der Waals surface area contributed by atoms with Crippen LogP contribution in [0.4, 0.5) is 0 Å². The summed E-state index contributed by atoms with van der Waals surface area (Å²) in [5.41, 5.74) is 1.96. The van der Waals surface area contributed by atoms with Gasteiger partial charge in [-0.2, -0.15) is 4.31 Å². The number of piperazine rings is 1. The van der Waals surface area contributed by atoms with Gasteiger partial charge in [0.15, 0.2) is 6.39 Å². The summed E-state index contributed by atoms with van der Waals surface area (Å²) in [7, 11) is -3.42. The molecule has 6 nitrogen and oxygen atoms in total. The first-order valence-corrected chi connectivity index (χ1v) is 9.65. The minimum Gasteiger partial charge on any atom is -0.448 e. The highest BCUT2D eigenvalue weighted by molar-refractivity contribution is 7.89. The monoisotopic (exact) mass is 349 g/mol. The van der Waals surface area contributed by atoms with Gasteiger partial charge in [0, 0.05) is 32.7 Å². The molecule has 1 aliphatic rings. The van der Waals surface area contributed by atoms with E-state index < -0.39 is 10.0 Å². The number of hydrogen-bond acceptors (Lipinski definition) is 5. The zero-order valence-electron chi connectivity index (χ0n) is 14.1. The second-order valence-corrected chi connectivity index (χ2v) is 7.97. The maximum atomic E-state index is 12.8. The molecule has 0 N–H and O–H groups in total. The van der Waals surface area contributed by atoms with Crippen molar-refractivity contribution < 1.29 is 12.8 Å². The number of aromatic nitrogens is 1. The number of aryl methyl sites for hydroxylation is 2. The Bertz CT molecular complexity index is 793. The van der Waals surface area contributed by atoms with Crippen LogP contribution < -0.4 is 0 Å². The van der Waals surface area contributed by atoms with E-state index in [9.17, 15) is 8.42 Å². The van der Waals surface area contributed by atoms with E-state index in [0.29, 0.717) is 37.6 Å². The normalized spacial score (nSPS) is 17.2. The Morgan fingerprint density at radius 1 is 1.21 bits per heavy atom. The summed E-state index contributed by atoms with van der Waals surface area (Å²) in [6.45, 7) is 6.99. The van der Waals surface area contributed by atoms with Gasteiger partial charge in [0.05, 0.1) is 10.6 Å². The number of sulfonamides is 1. The molecule has 0 bridgehead atoms. The summed E-state index contributed by atoms with van der Waals surface area (Å²) in [4.78, 5) is 6.80. The van der Waals surface area contributed by atoms with E-state index in [0.717, 1.165) is 23.4 Å². The zero-order valence-corrected chi connectivity index (χ0v) is 14.9. The Labute approximate surface area is 143 Å². The van der Waals surface area contributed by atoms with Gasteiger partial charge in [0.2, 0.25) is 10.0 Å². The molecule has 0 unspecified atom stereocenters. The van der Waals surface area contributed by atoms with Crippen molar-refractivity contribution in [1.82, 2.24) is 14.2 Å². The van der Waals surface area contributed by atoms with Gasteiger partial charge in [-0.15, -0.1) is 0 Å². The number of rotatable bonds is 5. The predicted octanol–water partition coefficient (Wildman–Crippen LogP) is 2.05. The summed E-state index contributed by atoms with van der Waals surface area (Å²) in [5, 5.41) is 0. The van der Waals surface area contributed by atoms with E-state index in [4.69, 9.17) is 4.42 Å². The number of benzene rings is 1. The van der Waals surface area contributed by atoms with E-state index in [1.54, 1.807) is 16.4 Å². The molecule has 1 fully saturated rings. The van der Waals surface area contributed by atoms with E-state index >= 15 is 0 Å². The van der Waals surface area contributed by atoms with Crippen molar-refractivity contribution in [3.05, 3.63) is 47.7 Å². The van der Waals surface area contributed by atoms with Crippen LogP contribution >= 0.6 is 0 Å². The highest BCUT2D eigenvalue weighted by atomic mass is 32.2. The SMILES string of the molecule is CCc1cccc(S(=O)(=O)N2CCN(Cc3ncoc3C)CC2)c1. The van der Waals surface area contributed by atoms with Gasteiger partial charge >= 0.3 is 0 Å². The lowest BCUT2D eigenvalue weighted by Gasteiger charge is -2.33. The first-order chi connectivity index (χ1) is 11.5. The average molecular weight is 349 g/mol. The molecule has 0 amide bonds. The second-order valence-electron chi connectivity index (χ2n) is 6.04. The fourth-order valence-corrected chi connectivity index (χ4v) is 4.39. The molecular weight excluding hydrogens is 326 g/mol. The van der Waals surface area contributed by atoms with Gasteiger partial charge in [-0.25, -0.2) is 13.4 Å². The smallest absolute Gasteiger partial charge is 0.243 e. The quantitative estimate of drug-likeness (QED) is 0.826. The minimum absolute atomic E-state index is 0.391. The molecule has 3 rings (SSSR count). The van der Waals surface area contributed by atoms with Gasteiger partial charge in [0.25, 0.3) is 0 Å². The van der Waals surface area contributed by atoms with Crippen LogP contribution in [0.3, 0.4) is 0 Å². The molecule has 24 heavy (non-hydrogen) atoms. The van der Waals surface area contributed by atoms with Crippen LogP contribution in [0.25, 0.3) is 0 Å². The van der Waals surface area contributed by atoms with E-state index in [1.807, 2.05) is 26.0 Å². The third-order valence-electron chi connectivity index (χ3n) is 4.49. The third kappa shape index (κ3) is 3.53. The molecule has 0 atom stereocenters. The predicted molar refractivity (Wildman–Crippen MR) is 91.1 cm³/mol. The lowest BCUT2D eigenvalue weighted by atomic mass is 10.2. The topological polar surface area (TPSA) is 66.7 Å². The second kappa shape index (κ2) is 7.04. The first kappa shape index (κ1) is 17.1. The fourth-order valence-electron chi connectivity index (χ4n) is 2.89. The van der Waals surface area contributed by atoms with Crippen molar-refractivity contribution in [2.24, 2.45) is 0 Å². The largest absolute Gasteiger partial charge is 0.448 e. The van der Waals surface area contributed by atoms with Crippen molar-refractivity contribution in [2.75, 3.05) is 26.2 Å². The lowest BCUT2D eigenvalue weighted by molar-refractivity contribution is 0.179. The van der Waals surface area contributed by atoms with Gasteiger partial charge in [-0.1, -0.05) is 19.1 Å². The van der Waals surface area contributed by atoms with Gasteiger partial charge in [-0.3, -0.25) is 4.90 Å². The maximum Gasteiger partial charge on any atom is 0.243 e. The highest BCUT2D eigenvalue weighted by Gasteiger charge is 2.28. The minimum atomic E-state index is -3.42. The molecule has 0 aliphatic carbocycles. The first-order valence-electron chi connectivity index (χ1n) is 8.21. The summed E-state index contributed by atoms with van der Waals surface area (Å²) in [6, 6.07) is 7.23. The average Bonchev–Trinajstić information content (AvgIpc) is 3.00. The number of hydrogen-bond donors (Lipinski definition) is 0. The summed E-state index contributed by atoms with van der Waals surface area (Å²) >= 11 is 0. The van der Waals surface area contributed by atoms with Crippen LogP contribution in [0.15, 0.2) is 40.0 Å². The standard InChI is InChI=1S/C17H23N3O3S/c1-3-15-5-4-6-16(11-15)24(21,22)20-9-7-19(8-10-20)12-17-14(2)23-13-18-17/h4-6,11,13H,3,7-10,12H2,1-2H3. The summed E-state index contributed by atoms with van der Waals surface area (Å²) < 4.78 is 32.4. The molecule has 1 aromatic heterocycles. The molecule has 1 aliphatic heterocycles. The molecule has 0 saturated carbocycles. The van der Waals surface area contributed by atoms with Gasteiger partial charge in [-0.05, 0) is 31.0 Å². The third-order valence-corrected chi connectivity index (χ3v) is 6.39. The van der Waals surface area contributed by atoms with Crippen molar-refractivity contribution in [2.45, 2.75) is 31.7 Å².